The van der Waals surface area contributed by atoms with Crippen LogP contribution in [-0.2, 0) is 0 Å². The minimum absolute atomic E-state index is 0.0767. The van der Waals surface area contributed by atoms with Crippen LogP contribution in [0.4, 0.5) is 27.9 Å². The number of nitrogens with zero attached hydrogens (tertiary/aromatic N) is 5. The highest BCUT2D eigenvalue weighted by Gasteiger charge is 2.22. The molecule has 8 nitrogen and oxygen atoms in total. The van der Waals surface area contributed by atoms with Gasteiger partial charge in [-0.05, 0) is 43.3 Å². The summed E-state index contributed by atoms with van der Waals surface area (Å²) in [5.74, 6) is 2.19. The number of piperazine rings is 1. The van der Waals surface area contributed by atoms with E-state index in [0.29, 0.717) is 32.0 Å². The molecular weight excluding hydrogens is 366 g/mol. The van der Waals surface area contributed by atoms with Gasteiger partial charge >= 0.3 is 6.03 Å². The second-order valence-corrected chi connectivity index (χ2v) is 6.84. The van der Waals surface area contributed by atoms with Crippen molar-refractivity contribution in [3.05, 3.63) is 66.4 Å². The van der Waals surface area contributed by atoms with E-state index in [-0.39, 0.29) is 6.03 Å². The highest BCUT2D eigenvalue weighted by Crippen LogP contribution is 2.17. The number of rotatable bonds is 4. The maximum atomic E-state index is 12.4. The number of para-hydroxylation sites is 1. The Labute approximate surface area is 169 Å². The number of benzene rings is 1. The lowest BCUT2D eigenvalue weighted by molar-refractivity contribution is 0.208. The molecule has 0 saturated carbocycles. The number of hydrogen-bond acceptors (Lipinski definition) is 6. The van der Waals surface area contributed by atoms with Gasteiger partial charge in [-0.15, -0.1) is 10.2 Å². The molecule has 2 N–H and O–H groups in total. The van der Waals surface area contributed by atoms with E-state index in [2.05, 4.69) is 30.7 Å². The van der Waals surface area contributed by atoms with Crippen LogP contribution in [0.1, 0.15) is 5.69 Å². The maximum absolute atomic E-state index is 12.4. The molecule has 4 rings (SSSR count). The monoisotopic (exact) mass is 389 g/mol. The van der Waals surface area contributed by atoms with Gasteiger partial charge in [-0.2, -0.15) is 0 Å². The second-order valence-electron chi connectivity index (χ2n) is 6.84. The molecule has 1 saturated heterocycles. The van der Waals surface area contributed by atoms with Crippen LogP contribution in [0.2, 0.25) is 0 Å². The van der Waals surface area contributed by atoms with E-state index >= 15 is 0 Å². The minimum Gasteiger partial charge on any atom is -0.352 e. The molecule has 1 aromatic carbocycles. The summed E-state index contributed by atoms with van der Waals surface area (Å²) in [5, 5.41) is 14.7. The number of aromatic nitrogens is 3. The van der Waals surface area contributed by atoms with Crippen LogP contribution >= 0.6 is 0 Å². The second kappa shape index (κ2) is 8.55. The van der Waals surface area contributed by atoms with Crippen molar-refractivity contribution in [2.24, 2.45) is 0 Å². The molecule has 3 heterocycles. The van der Waals surface area contributed by atoms with Crippen LogP contribution < -0.4 is 15.5 Å². The van der Waals surface area contributed by atoms with Gasteiger partial charge in [-0.25, -0.2) is 9.78 Å². The molecule has 1 fully saturated rings. The molecule has 0 radical (unpaired) electrons. The fraction of sp³-hybridized carbons (Fsp3) is 0.238. The summed E-state index contributed by atoms with van der Waals surface area (Å²) < 4.78 is 0. The van der Waals surface area contributed by atoms with Gasteiger partial charge in [0.25, 0.3) is 0 Å². The van der Waals surface area contributed by atoms with Crippen molar-refractivity contribution in [3.8, 4) is 0 Å². The molecular formula is C21H23N7O. The highest BCUT2D eigenvalue weighted by molar-refractivity contribution is 5.89. The van der Waals surface area contributed by atoms with Crippen molar-refractivity contribution in [1.82, 2.24) is 20.1 Å². The van der Waals surface area contributed by atoms with Crippen LogP contribution in [-0.4, -0.2) is 52.3 Å². The molecule has 0 aliphatic carbocycles. The summed E-state index contributed by atoms with van der Waals surface area (Å²) in [6.45, 7) is 4.63. The molecule has 148 valence electrons. The summed E-state index contributed by atoms with van der Waals surface area (Å²) in [6.07, 6.45) is 0. The smallest absolute Gasteiger partial charge is 0.321 e. The molecule has 0 atom stereocenters. The van der Waals surface area contributed by atoms with E-state index in [1.165, 1.54) is 0 Å². The zero-order valence-electron chi connectivity index (χ0n) is 16.2. The highest BCUT2D eigenvalue weighted by atomic mass is 16.2. The molecule has 29 heavy (non-hydrogen) atoms. The number of hydrogen-bond donors (Lipinski definition) is 2. The Hall–Kier alpha value is -3.68. The average Bonchev–Trinajstić information content (AvgIpc) is 2.75. The van der Waals surface area contributed by atoms with Crippen LogP contribution in [0.25, 0.3) is 0 Å². The van der Waals surface area contributed by atoms with Gasteiger partial charge in [-0.1, -0.05) is 24.3 Å². The van der Waals surface area contributed by atoms with Crippen molar-refractivity contribution < 1.29 is 4.79 Å². The van der Waals surface area contributed by atoms with E-state index in [0.717, 1.165) is 23.0 Å². The van der Waals surface area contributed by atoms with Gasteiger partial charge in [0.2, 0.25) is 0 Å². The fourth-order valence-corrected chi connectivity index (χ4v) is 3.17. The first-order chi connectivity index (χ1) is 14.2. The first-order valence-corrected chi connectivity index (χ1v) is 9.58. The van der Waals surface area contributed by atoms with E-state index in [4.69, 9.17) is 0 Å². The largest absolute Gasteiger partial charge is 0.352 e. The molecule has 2 amide bonds. The Morgan fingerprint density at radius 1 is 0.862 bits per heavy atom. The average molecular weight is 389 g/mol. The van der Waals surface area contributed by atoms with Gasteiger partial charge < -0.3 is 20.4 Å². The molecule has 0 bridgehead atoms. The number of urea groups is 1. The van der Waals surface area contributed by atoms with Crippen LogP contribution in [0.15, 0.2) is 60.7 Å². The van der Waals surface area contributed by atoms with Gasteiger partial charge in [0.15, 0.2) is 11.6 Å². The minimum atomic E-state index is -0.0767. The van der Waals surface area contributed by atoms with Crippen molar-refractivity contribution in [2.45, 2.75) is 6.92 Å². The Kier molecular flexibility index (Phi) is 5.51. The van der Waals surface area contributed by atoms with E-state index < -0.39 is 0 Å². The standard InChI is InChI=1S/C21H23N7O/c1-16-6-5-9-18(22-16)24-19-10-11-20(26-25-19)27-12-14-28(15-13-27)21(29)23-17-7-3-2-4-8-17/h2-11H,12-15H2,1H3,(H,23,29)(H,22,24,25). The zero-order chi connectivity index (χ0) is 20.1. The summed E-state index contributed by atoms with van der Waals surface area (Å²) >= 11 is 0. The molecule has 8 heteroatoms. The predicted molar refractivity (Wildman–Crippen MR) is 114 cm³/mol. The van der Waals surface area contributed by atoms with Crippen molar-refractivity contribution in [3.63, 3.8) is 0 Å². The number of pyridine rings is 1. The summed E-state index contributed by atoms with van der Waals surface area (Å²) in [4.78, 5) is 20.8. The first-order valence-electron chi connectivity index (χ1n) is 9.58. The van der Waals surface area contributed by atoms with Crippen LogP contribution in [0, 0.1) is 6.92 Å². The summed E-state index contributed by atoms with van der Waals surface area (Å²) in [7, 11) is 0. The van der Waals surface area contributed by atoms with E-state index in [9.17, 15) is 4.79 Å². The van der Waals surface area contributed by atoms with E-state index in [1.807, 2.05) is 72.5 Å². The van der Waals surface area contributed by atoms with Crippen LogP contribution in [0.3, 0.4) is 0 Å². The lowest BCUT2D eigenvalue weighted by Crippen LogP contribution is -2.50. The number of amides is 2. The molecule has 0 unspecified atom stereocenters. The summed E-state index contributed by atoms with van der Waals surface area (Å²) in [5.41, 5.74) is 1.74. The number of carbonyl (C=O) groups is 1. The molecule has 1 aliphatic rings. The van der Waals surface area contributed by atoms with Crippen LogP contribution in [0.5, 0.6) is 0 Å². The number of anilines is 4. The third-order valence-electron chi connectivity index (χ3n) is 4.71. The predicted octanol–water partition coefficient (Wildman–Crippen LogP) is 3.28. The van der Waals surface area contributed by atoms with Gasteiger partial charge in [-0.3, -0.25) is 0 Å². The Balaban J connectivity index is 1.31. The van der Waals surface area contributed by atoms with Gasteiger partial charge in [0.05, 0.1) is 0 Å². The normalized spacial score (nSPS) is 13.8. The number of aryl methyl sites for hydroxylation is 1. The van der Waals surface area contributed by atoms with Crippen molar-refractivity contribution >= 4 is 29.2 Å². The molecule has 0 spiro atoms. The zero-order valence-corrected chi connectivity index (χ0v) is 16.2. The Morgan fingerprint density at radius 3 is 2.34 bits per heavy atom. The SMILES string of the molecule is Cc1cccc(Nc2ccc(N3CCN(C(=O)Nc4ccccc4)CC3)nn2)n1. The van der Waals surface area contributed by atoms with E-state index in [1.54, 1.807) is 0 Å². The molecule has 2 aromatic heterocycles. The number of nitrogens with one attached hydrogen (secondary N) is 2. The lowest BCUT2D eigenvalue weighted by atomic mass is 10.3. The topological polar surface area (TPSA) is 86.3 Å². The third-order valence-corrected chi connectivity index (χ3v) is 4.71. The maximum Gasteiger partial charge on any atom is 0.321 e. The Bertz CT molecular complexity index is 954. The number of carbonyl (C=O) groups excluding carboxylic acids is 1. The summed E-state index contributed by atoms with van der Waals surface area (Å²) in [6, 6.07) is 19.0. The quantitative estimate of drug-likeness (QED) is 0.712. The Morgan fingerprint density at radius 2 is 1.66 bits per heavy atom. The lowest BCUT2D eigenvalue weighted by Gasteiger charge is -2.35. The third kappa shape index (κ3) is 4.78. The van der Waals surface area contributed by atoms with Crippen molar-refractivity contribution in [2.75, 3.05) is 41.7 Å². The fourth-order valence-electron chi connectivity index (χ4n) is 3.17. The van der Waals surface area contributed by atoms with Crippen molar-refractivity contribution in [1.29, 1.82) is 0 Å². The van der Waals surface area contributed by atoms with Gasteiger partial charge in [0.1, 0.15) is 5.82 Å². The first kappa shape index (κ1) is 18.7. The molecule has 1 aliphatic heterocycles. The van der Waals surface area contributed by atoms with Gasteiger partial charge in [0, 0.05) is 37.6 Å². The molecule has 3 aromatic rings.